The van der Waals surface area contributed by atoms with Gasteiger partial charge in [-0.1, -0.05) is 30.3 Å². The molecule has 42 heavy (non-hydrogen) atoms. The van der Waals surface area contributed by atoms with E-state index in [4.69, 9.17) is 20.4 Å². The molecule has 3 N–H and O–H groups in total. The third-order valence-corrected chi connectivity index (χ3v) is 6.79. The monoisotopic (exact) mass is 555 g/mol. The summed E-state index contributed by atoms with van der Waals surface area (Å²) >= 11 is 0. The number of fused-ring (bicyclic) bond motifs is 1. The second kappa shape index (κ2) is 10.9. The molecule has 10 nitrogen and oxygen atoms in total. The van der Waals surface area contributed by atoms with Crippen molar-refractivity contribution in [3.05, 3.63) is 114 Å². The maximum atomic E-state index is 13.1. The van der Waals surface area contributed by atoms with Gasteiger partial charge in [0.1, 0.15) is 17.0 Å². The van der Waals surface area contributed by atoms with Crippen LogP contribution in [0.15, 0.2) is 97.3 Å². The van der Waals surface area contributed by atoms with Crippen LogP contribution in [0.2, 0.25) is 0 Å². The summed E-state index contributed by atoms with van der Waals surface area (Å²) in [5.41, 5.74) is 12.4. The molecule has 0 atom stereocenters. The first-order chi connectivity index (χ1) is 20.4. The van der Waals surface area contributed by atoms with E-state index in [1.807, 2.05) is 53.1 Å². The minimum Gasteiger partial charge on any atom is -0.465 e. The van der Waals surface area contributed by atoms with Crippen LogP contribution in [-0.4, -0.2) is 43.5 Å². The van der Waals surface area contributed by atoms with Crippen LogP contribution in [0, 0.1) is 6.92 Å². The number of pyridine rings is 3. The molecule has 0 spiro atoms. The summed E-state index contributed by atoms with van der Waals surface area (Å²) in [6.45, 7) is 1.80. The highest BCUT2D eigenvalue weighted by Crippen LogP contribution is 2.31. The number of imidazole rings is 1. The van der Waals surface area contributed by atoms with Crippen LogP contribution in [0.1, 0.15) is 26.4 Å². The average Bonchev–Trinajstić information content (AvgIpc) is 3.40. The van der Waals surface area contributed by atoms with Crippen molar-refractivity contribution in [2.75, 3.05) is 18.2 Å². The lowest BCUT2D eigenvalue weighted by Gasteiger charge is -2.12. The summed E-state index contributed by atoms with van der Waals surface area (Å²) in [5.74, 6) is 0.0359. The number of nitrogens with zero attached hydrogens (tertiary/aromatic N) is 5. The molecule has 6 rings (SSSR count). The summed E-state index contributed by atoms with van der Waals surface area (Å²) in [6, 6.07) is 25.7. The highest BCUT2D eigenvalue weighted by Gasteiger charge is 2.20. The quantitative estimate of drug-likeness (QED) is 0.258. The number of nitrogens with one attached hydrogen (secondary N) is 1. The molecule has 0 aliphatic heterocycles. The molecule has 206 valence electrons. The molecule has 0 fully saturated rings. The van der Waals surface area contributed by atoms with Gasteiger partial charge in [0.2, 0.25) is 0 Å². The van der Waals surface area contributed by atoms with E-state index in [0.29, 0.717) is 50.9 Å². The Morgan fingerprint density at radius 1 is 0.905 bits per heavy atom. The second-order valence-corrected chi connectivity index (χ2v) is 9.49. The Hall–Kier alpha value is -5.90. The lowest BCUT2D eigenvalue weighted by Crippen LogP contribution is -2.15. The van der Waals surface area contributed by atoms with E-state index in [1.54, 1.807) is 55.7 Å². The zero-order valence-corrected chi connectivity index (χ0v) is 22.8. The Kier molecular flexibility index (Phi) is 6.85. The number of carbonyl (C=O) groups excluding carboxylic acids is 2. The van der Waals surface area contributed by atoms with Gasteiger partial charge in [0.15, 0.2) is 11.5 Å². The third kappa shape index (κ3) is 4.92. The van der Waals surface area contributed by atoms with E-state index in [0.717, 1.165) is 11.3 Å². The number of nitrogen functional groups attached to an aromatic ring is 1. The number of ether oxygens (including phenoxy) is 1. The number of hydrogen-bond donors (Lipinski definition) is 2. The van der Waals surface area contributed by atoms with Crippen molar-refractivity contribution in [1.82, 2.24) is 24.5 Å². The normalized spacial score (nSPS) is 10.9. The van der Waals surface area contributed by atoms with Gasteiger partial charge in [-0.25, -0.2) is 24.7 Å². The van der Waals surface area contributed by atoms with Crippen LogP contribution in [0.4, 0.5) is 11.5 Å². The van der Waals surface area contributed by atoms with Gasteiger partial charge in [-0.2, -0.15) is 0 Å². The topological polar surface area (TPSA) is 138 Å². The fraction of sp³-hybridized carbons (Fsp3) is 0.0625. The van der Waals surface area contributed by atoms with Gasteiger partial charge < -0.3 is 15.8 Å². The van der Waals surface area contributed by atoms with Crippen molar-refractivity contribution < 1.29 is 14.3 Å². The highest BCUT2D eigenvalue weighted by atomic mass is 16.5. The fourth-order valence-corrected chi connectivity index (χ4v) is 4.65. The minimum absolute atomic E-state index is 0.208. The summed E-state index contributed by atoms with van der Waals surface area (Å²) in [4.78, 5) is 43.4. The molecule has 10 heteroatoms. The predicted octanol–water partition coefficient (Wildman–Crippen LogP) is 5.47. The zero-order valence-electron chi connectivity index (χ0n) is 22.8. The van der Waals surface area contributed by atoms with Gasteiger partial charge >= 0.3 is 5.97 Å². The molecular formula is C32H25N7O3. The number of hydrogen-bond acceptors (Lipinski definition) is 8. The molecule has 0 aliphatic carbocycles. The van der Waals surface area contributed by atoms with Crippen molar-refractivity contribution in [3.63, 3.8) is 0 Å². The number of rotatable bonds is 6. The zero-order chi connectivity index (χ0) is 29.2. The maximum Gasteiger partial charge on any atom is 0.337 e. The summed E-state index contributed by atoms with van der Waals surface area (Å²) in [7, 11) is 1.32. The number of carbonyl (C=O) groups is 2. The van der Waals surface area contributed by atoms with Gasteiger partial charge in [0.05, 0.1) is 35.8 Å². The summed E-state index contributed by atoms with van der Waals surface area (Å²) in [6.07, 6.45) is 3.22. The van der Waals surface area contributed by atoms with Crippen molar-refractivity contribution in [2.45, 2.75) is 6.92 Å². The van der Waals surface area contributed by atoms with Crippen molar-refractivity contribution in [1.29, 1.82) is 0 Å². The van der Waals surface area contributed by atoms with Crippen molar-refractivity contribution >= 4 is 34.5 Å². The van der Waals surface area contributed by atoms with E-state index >= 15 is 0 Å². The number of aryl methyl sites for hydroxylation is 1. The van der Waals surface area contributed by atoms with E-state index in [9.17, 15) is 9.59 Å². The summed E-state index contributed by atoms with van der Waals surface area (Å²) in [5, 5.41) is 2.86. The number of benzene rings is 2. The minimum atomic E-state index is -0.446. The smallest absolute Gasteiger partial charge is 0.337 e. The first-order valence-corrected chi connectivity index (χ1v) is 13.1. The molecule has 0 radical (unpaired) electrons. The van der Waals surface area contributed by atoms with E-state index in [1.165, 1.54) is 7.11 Å². The van der Waals surface area contributed by atoms with Crippen molar-refractivity contribution in [2.24, 2.45) is 0 Å². The molecule has 0 saturated heterocycles. The lowest BCUT2D eigenvalue weighted by atomic mass is 10.1. The lowest BCUT2D eigenvalue weighted by molar-refractivity contribution is 0.0600. The van der Waals surface area contributed by atoms with E-state index in [-0.39, 0.29) is 5.69 Å². The SMILES string of the molecule is COC(=O)c1ccc(NC(=O)c2ccc(-n3c(-c4cccnc4N)nc4ccc(-c5ccccc5)nc43)cn2)c(C)c1. The van der Waals surface area contributed by atoms with Gasteiger partial charge in [-0.3, -0.25) is 9.36 Å². The van der Waals surface area contributed by atoms with Gasteiger partial charge in [0, 0.05) is 17.4 Å². The Balaban J connectivity index is 1.38. The second-order valence-electron chi connectivity index (χ2n) is 9.49. The number of methoxy groups -OCH3 is 1. The Morgan fingerprint density at radius 3 is 2.45 bits per heavy atom. The van der Waals surface area contributed by atoms with E-state index in [2.05, 4.69) is 15.3 Å². The summed E-state index contributed by atoms with van der Waals surface area (Å²) < 4.78 is 6.63. The molecule has 0 bridgehead atoms. The Bertz CT molecular complexity index is 1950. The average molecular weight is 556 g/mol. The number of nitrogens with two attached hydrogens (primary N) is 1. The standard InChI is InChI=1S/C32H25N7O3/c1-19-17-21(32(41)42-2)10-12-24(19)38-31(40)27-13-11-22(18-35-27)39-29(23-9-6-16-34-28(23)33)37-26-15-14-25(36-30(26)39)20-7-4-3-5-8-20/h3-18H,1-2H3,(H2,33,34)(H,38,40). The van der Waals surface area contributed by atoms with Crippen LogP contribution in [0.5, 0.6) is 0 Å². The number of anilines is 2. The first kappa shape index (κ1) is 26.3. The van der Waals surface area contributed by atoms with Gasteiger partial charge in [0.25, 0.3) is 5.91 Å². The van der Waals surface area contributed by atoms with Crippen LogP contribution in [0.3, 0.4) is 0 Å². The molecular weight excluding hydrogens is 530 g/mol. The number of esters is 1. The largest absolute Gasteiger partial charge is 0.465 e. The van der Waals surface area contributed by atoms with Crippen LogP contribution < -0.4 is 11.1 Å². The van der Waals surface area contributed by atoms with Gasteiger partial charge in [-0.05, 0) is 67.1 Å². The van der Waals surface area contributed by atoms with E-state index < -0.39 is 11.9 Å². The van der Waals surface area contributed by atoms with Gasteiger partial charge in [-0.15, -0.1) is 0 Å². The predicted molar refractivity (Wildman–Crippen MR) is 160 cm³/mol. The molecule has 4 aromatic heterocycles. The van der Waals surface area contributed by atoms with Crippen molar-refractivity contribution in [3.8, 4) is 28.3 Å². The fourth-order valence-electron chi connectivity index (χ4n) is 4.65. The molecule has 0 aliphatic rings. The molecule has 0 saturated carbocycles. The molecule has 4 heterocycles. The maximum absolute atomic E-state index is 13.1. The molecule has 2 aromatic carbocycles. The van der Waals surface area contributed by atoms with Crippen LogP contribution >= 0.6 is 0 Å². The molecule has 6 aromatic rings. The molecule has 0 unspecified atom stereocenters. The number of amides is 1. The Morgan fingerprint density at radius 2 is 1.74 bits per heavy atom. The highest BCUT2D eigenvalue weighted by molar-refractivity contribution is 6.03. The molecule has 1 amide bonds. The first-order valence-electron chi connectivity index (χ1n) is 13.1. The Labute approximate surface area is 240 Å². The third-order valence-electron chi connectivity index (χ3n) is 6.79. The van der Waals surface area contributed by atoms with Crippen LogP contribution in [0.25, 0.3) is 39.5 Å². The number of aromatic nitrogens is 5. The van der Waals surface area contributed by atoms with Crippen LogP contribution in [-0.2, 0) is 4.74 Å².